The van der Waals surface area contributed by atoms with Crippen molar-refractivity contribution in [1.29, 1.82) is 5.26 Å². The number of hydrogen-bond donors (Lipinski definition) is 1. The molecule has 0 saturated heterocycles. The molecular weight excluding hydrogens is 282 g/mol. The molecule has 2 heterocycles. The van der Waals surface area contributed by atoms with Crippen LogP contribution < -0.4 is 5.73 Å². The van der Waals surface area contributed by atoms with E-state index in [1.54, 1.807) is 0 Å². The lowest BCUT2D eigenvalue weighted by Crippen LogP contribution is -2.37. The van der Waals surface area contributed by atoms with Crippen LogP contribution in [-0.2, 0) is 5.54 Å². The van der Waals surface area contributed by atoms with Crippen molar-refractivity contribution >= 4 is 17.4 Å². The lowest BCUT2D eigenvalue weighted by atomic mass is 9.95. The standard InChI is InChI=1S/C15H13N5S/c16-10-15(17,12-6-2-1-3-7-12)11-21-14-19-18-13-8-4-5-9-20(13)14/h1-9H,11,17H2. The molecule has 0 spiro atoms. The number of nitriles is 1. The van der Waals surface area contributed by atoms with Crippen molar-refractivity contribution < 1.29 is 0 Å². The second-order valence-corrected chi connectivity index (χ2v) is 5.59. The first-order valence-corrected chi connectivity index (χ1v) is 7.40. The molecule has 1 aromatic carbocycles. The minimum Gasteiger partial charge on any atom is -0.309 e. The number of benzene rings is 1. The maximum atomic E-state index is 9.45. The van der Waals surface area contributed by atoms with Crippen LogP contribution in [0, 0.1) is 11.3 Å². The second kappa shape index (κ2) is 5.56. The molecule has 2 N–H and O–H groups in total. The molecule has 3 rings (SSSR count). The van der Waals surface area contributed by atoms with Gasteiger partial charge in [-0.3, -0.25) is 4.40 Å². The van der Waals surface area contributed by atoms with Gasteiger partial charge >= 0.3 is 0 Å². The van der Waals surface area contributed by atoms with Gasteiger partial charge in [0.05, 0.1) is 6.07 Å². The molecule has 0 saturated carbocycles. The van der Waals surface area contributed by atoms with Gasteiger partial charge in [0.2, 0.25) is 0 Å². The number of thioether (sulfide) groups is 1. The van der Waals surface area contributed by atoms with E-state index in [4.69, 9.17) is 5.73 Å². The SMILES string of the molecule is N#CC(N)(CSc1nnc2ccccn12)c1ccccc1. The summed E-state index contributed by atoms with van der Waals surface area (Å²) in [7, 11) is 0. The third kappa shape index (κ3) is 2.61. The van der Waals surface area contributed by atoms with Gasteiger partial charge in [0.25, 0.3) is 0 Å². The van der Waals surface area contributed by atoms with Gasteiger partial charge in [-0.25, -0.2) is 0 Å². The highest BCUT2D eigenvalue weighted by molar-refractivity contribution is 7.99. The Balaban J connectivity index is 1.85. The van der Waals surface area contributed by atoms with Crippen LogP contribution in [0.25, 0.3) is 5.65 Å². The van der Waals surface area contributed by atoms with Crippen LogP contribution in [0.3, 0.4) is 0 Å². The van der Waals surface area contributed by atoms with Crippen LogP contribution in [-0.4, -0.2) is 20.4 Å². The zero-order valence-corrected chi connectivity index (χ0v) is 12.0. The summed E-state index contributed by atoms with van der Waals surface area (Å²) in [6.45, 7) is 0. The molecule has 0 aliphatic rings. The molecule has 0 amide bonds. The summed E-state index contributed by atoms with van der Waals surface area (Å²) in [4.78, 5) is 0. The van der Waals surface area contributed by atoms with Crippen LogP contribution in [0.5, 0.6) is 0 Å². The lowest BCUT2D eigenvalue weighted by molar-refractivity contribution is 0.657. The number of aromatic nitrogens is 3. The Morgan fingerprint density at radius 3 is 2.67 bits per heavy atom. The van der Waals surface area contributed by atoms with Crippen molar-refractivity contribution in [2.45, 2.75) is 10.7 Å². The summed E-state index contributed by atoms with van der Waals surface area (Å²) < 4.78 is 1.88. The highest BCUT2D eigenvalue weighted by atomic mass is 32.2. The number of hydrogen-bond acceptors (Lipinski definition) is 5. The molecule has 5 nitrogen and oxygen atoms in total. The Labute approximate surface area is 126 Å². The molecule has 6 heteroatoms. The molecule has 0 radical (unpaired) electrons. The summed E-state index contributed by atoms with van der Waals surface area (Å²) in [5.74, 6) is 0.406. The Morgan fingerprint density at radius 1 is 1.14 bits per heavy atom. The van der Waals surface area contributed by atoms with Crippen LogP contribution in [0.4, 0.5) is 0 Å². The fourth-order valence-corrected chi connectivity index (χ4v) is 2.99. The summed E-state index contributed by atoms with van der Waals surface area (Å²) in [5, 5.41) is 18.4. The molecular formula is C15H13N5S. The van der Waals surface area contributed by atoms with Crippen LogP contribution in [0.15, 0.2) is 59.9 Å². The van der Waals surface area contributed by atoms with Crippen LogP contribution in [0.2, 0.25) is 0 Å². The number of rotatable bonds is 4. The number of nitrogens with two attached hydrogens (primary N) is 1. The predicted octanol–water partition coefficient (Wildman–Crippen LogP) is 2.20. The van der Waals surface area contributed by atoms with E-state index in [1.165, 1.54) is 11.8 Å². The number of fused-ring (bicyclic) bond motifs is 1. The maximum Gasteiger partial charge on any atom is 0.195 e. The molecule has 0 aliphatic carbocycles. The van der Waals surface area contributed by atoms with E-state index in [0.29, 0.717) is 5.75 Å². The molecule has 104 valence electrons. The van der Waals surface area contributed by atoms with Gasteiger partial charge in [-0.05, 0) is 17.7 Å². The number of nitrogens with zero attached hydrogens (tertiary/aromatic N) is 4. The fraction of sp³-hybridized carbons (Fsp3) is 0.133. The quantitative estimate of drug-likeness (QED) is 0.746. The molecule has 21 heavy (non-hydrogen) atoms. The van der Waals surface area contributed by atoms with Crippen molar-refractivity contribution in [2.75, 3.05) is 5.75 Å². The smallest absolute Gasteiger partial charge is 0.195 e. The molecule has 3 aromatic rings. The van der Waals surface area contributed by atoms with E-state index in [0.717, 1.165) is 16.4 Å². The molecule has 0 fully saturated rings. The number of pyridine rings is 1. The van der Waals surface area contributed by atoms with Gasteiger partial charge in [-0.1, -0.05) is 48.2 Å². The third-order valence-electron chi connectivity index (χ3n) is 3.20. The molecule has 0 aliphatic heterocycles. The van der Waals surface area contributed by atoms with Gasteiger partial charge in [-0.2, -0.15) is 5.26 Å². The zero-order chi connectivity index (χ0) is 14.7. The van der Waals surface area contributed by atoms with Gasteiger partial charge in [0, 0.05) is 11.9 Å². The molecule has 1 atom stereocenters. The topological polar surface area (TPSA) is 80.0 Å². The van der Waals surface area contributed by atoms with Gasteiger partial charge in [-0.15, -0.1) is 10.2 Å². The first-order chi connectivity index (χ1) is 10.2. The molecule has 2 aromatic heterocycles. The van der Waals surface area contributed by atoms with Crippen molar-refractivity contribution in [3.63, 3.8) is 0 Å². The van der Waals surface area contributed by atoms with Gasteiger partial charge in [0.15, 0.2) is 10.8 Å². The van der Waals surface area contributed by atoms with E-state index in [2.05, 4.69) is 16.3 Å². The second-order valence-electron chi connectivity index (χ2n) is 4.65. The average Bonchev–Trinajstić information content (AvgIpc) is 2.97. The summed E-state index contributed by atoms with van der Waals surface area (Å²) in [6.07, 6.45) is 1.89. The minimum atomic E-state index is -1.05. The average molecular weight is 295 g/mol. The van der Waals surface area contributed by atoms with E-state index in [1.807, 2.05) is 59.1 Å². The summed E-state index contributed by atoms with van der Waals surface area (Å²) in [5.41, 5.74) is 6.77. The van der Waals surface area contributed by atoms with Crippen LogP contribution in [0.1, 0.15) is 5.56 Å². The van der Waals surface area contributed by atoms with Crippen LogP contribution >= 0.6 is 11.8 Å². The minimum absolute atomic E-state index is 0.406. The monoisotopic (exact) mass is 295 g/mol. The van der Waals surface area contributed by atoms with Gasteiger partial charge in [0.1, 0.15) is 5.54 Å². The van der Waals surface area contributed by atoms with E-state index in [9.17, 15) is 5.26 Å². The van der Waals surface area contributed by atoms with E-state index < -0.39 is 5.54 Å². The predicted molar refractivity (Wildman–Crippen MR) is 81.6 cm³/mol. The highest BCUT2D eigenvalue weighted by Gasteiger charge is 2.28. The fourth-order valence-electron chi connectivity index (χ4n) is 2.01. The largest absolute Gasteiger partial charge is 0.309 e. The summed E-state index contributed by atoms with van der Waals surface area (Å²) in [6, 6.07) is 17.3. The van der Waals surface area contributed by atoms with Crippen molar-refractivity contribution in [1.82, 2.24) is 14.6 Å². The Kier molecular flexibility index (Phi) is 3.60. The first kappa shape index (κ1) is 13.6. The maximum absolute atomic E-state index is 9.45. The zero-order valence-electron chi connectivity index (χ0n) is 11.2. The Morgan fingerprint density at radius 2 is 1.90 bits per heavy atom. The van der Waals surface area contributed by atoms with Crippen molar-refractivity contribution in [2.24, 2.45) is 5.73 Å². The third-order valence-corrected chi connectivity index (χ3v) is 4.34. The molecule has 0 bridgehead atoms. The normalized spacial score (nSPS) is 13.7. The Hall–Kier alpha value is -2.36. The Bertz CT molecular complexity index is 792. The first-order valence-electron chi connectivity index (χ1n) is 6.41. The highest BCUT2D eigenvalue weighted by Crippen LogP contribution is 2.26. The lowest BCUT2D eigenvalue weighted by Gasteiger charge is -2.20. The van der Waals surface area contributed by atoms with Gasteiger partial charge < -0.3 is 5.73 Å². The molecule has 1 unspecified atom stereocenters. The van der Waals surface area contributed by atoms with Crippen molar-refractivity contribution in [3.05, 3.63) is 60.3 Å². The van der Waals surface area contributed by atoms with E-state index >= 15 is 0 Å². The van der Waals surface area contributed by atoms with E-state index in [-0.39, 0.29) is 0 Å². The summed E-state index contributed by atoms with van der Waals surface area (Å²) >= 11 is 1.42. The van der Waals surface area contributed by atoms with Crippen molar-refractivity contribution in [3.8, 4) is 6.07 Å².